The van der Waals surface area contributed by atoms with Crippen LogP contribution in [0.4, 0.5) is 0 Å². The quantitative estimate of drug-likeness (QED) is 0.778. The third-order valence-electron chi connectivity index (χ3n) is 4.01. The SMILES string of the molecule is CCN1CCC(CNC(=O)Cc2ccc(C(N)=S)cc2)C1. The molecule has 1 heterocycles. The Balaban J connectivity index is 1.75. The zero-order chi connectivity index (χ0) is 15.2. The van der Waals surface area contributed by atoms with Crippen molar-refractivity contribution in [3.8, 4) is 0 Å². The van der Waals surface area contributed by atoms with Gasteiger partial charge in [0.15, 0.2) is 0 Å². The summed E-state index contributed by atoms with van der Waals surface area (Å²) in [5.74, 6) is 0.666. The summed E-state index contributed by atoms with van der Waals surface area (Å²) in [4.78, 5) is 14.8. The van der Waals surface area contributed by atoms with E-state index in [0.29, 0.717) is 17.3 Å². The predicted molar refractivity (Wildman–Crippen MR) is 89.3 cm³/mol. The number of hydrogen-bond acceptors (Lipinski definition) is 3. The Bertz CT molecular complexity index is 501. The second kappa shape index (κ2) is 7.52. The van der Waals surface area contributed by atoms with Gasteiger partial charge in [0, 0.05) is 18.7 Å². The van der Waals surface area contributed by atoms with Crippen molar-refractivity contribution in [3.63, 3.8) is 0 Å². The highest BCUT2D eigenvalue weighted by Gasteiger charge is 2.21. The molecule has 0 radical (unpaired) electrons. The van der Waals surface area contributed by atoms with Crippen LogP contribution in [0, 0.1) is 5.92 Å². The summed E-state index contributed by atoms with van der Waals surface area (Å²) in [7, 11) is 0. The Labute approximate surface area is 131 Å². The van der Waals surface area contributed by atoms with Gasteiger partial charge in [-0.05, 0) is 31.0 Å². The fourth-order valence-electron chi connectivity index (χ4n) is 2.66. The van der Waals surface area contributed by atoms with E-state index >= 15 is 0 Å². The number of nitrogens with one attached hydrogen (secondary N) is 1. The van der Waals surface area contributed by atoms with Crippen LogP contribution in [-0.2, 0) is 11.2 Å². The van der Waals surface area contributed by atoms with E-state index in [4.69, 9.17) is 18.0 Å². The zero-order valence-corrected chi connectivity index (χ0v) is 13.3. The van der Waals surface area contributed by atoms with Crippen LogP contribution in [0.3, 0.4) is 0 Å². The zero-order valence-electron chi connectivity index (χ0n) is 12.5. The maximum Gasteiger partial charge on any atom is 0.224 e. The van der Waals surface area contributed by atoms with Crippen molar-refractivity contribution in [3.05, 3.63) is 35.4 Å². The minimum absolute atomic E-state index is 0.0769. The first-order valence-corrected chi connectivity index (χ1v) is 7.87. The first-order chi connectivity index (χ1) is 10.1. The average Bonchev–Trinajstić information content (AvgIpc) is 2.94. The monoisotopic (exact) mass is 305 g/mol. The van der Waals surface area contributed by atoms with Crippen LogP contribution >= 0.6 is 12.2 Å². The molecule has 1 atom stereocenters. The molecule has 0 aliphatic carbocycles. The van der Waals surface area contributed by atoms with E-state index in [1.165, 1.54) is 6.42 Å². The molecule has 1 aliphatic rings. The largest absolute Gasteiger partial charge is 0.389 e. The highest BCUT2D eigenvalue weighted by molar-refractivity contribution is 7.80. The van der Waals surface area contributed by atoms with Gasteiger partial charge >= 0.3 is 0 Å². The van der Waals surface area contributed by atoms with E-state index in [1.807, 2.05) is 24.3 Å². The van der Waals surface area contributed by atoms with Gasteiger partial charge in [0.25, 0.3) is 0 Å². The fourth-order valence-corrected chi connectivity index (χ4v) is 2.80. The molecule has 1 saturated heterocycles. The minimum Gasteiger partial charge on any atom is -0.389 e. The smallest absolute Gasteiger partial charge is 0.224 e. The van der Waals surface area contributed by atoms with Crippen molar-refractivity contribution in [2.45, 2.75) is 19.8 Å². The van der Waals surface area contributed by atoms with Crippen LogP contribution in [0.15, 0.2) is 24.3 Å². The molecular weight excluding hydrogens is 282 g/mol. The van der Waals surface area contributed by atoms with Crippen molar-refractivity contribution in [1.29, 1.82) is 0 Å². The molecular formula is C16H23N3OS. The molecule has 0 aromatic heterocycles. The van der Waals surface area contributed by atoms with Crippen LogP contribution in [0.2, 0.25) is 0 Å². The van der Waals surface area contributed by atoms with Crippen LogP contribution in [0.25, 0.3) is 0 Å². The van der Waals surface area contributed by atoms with Crippen molar-refractivity contribution in [1.82, 2.24) is 10.2 Å². The molecule has 1 fully saturated rings. The third kappa shape index (κ3) is 4.79. The molecule has 1 unspecified atom stereocenters. The molecule has 0 bridgehead atoms. The lowest BCUT2D eigenvalue weighted by Crippen LogP contribution is -2.32. The van der Waals surface area contributed by atoms with Gasteiger partial charge in [-0.15, -0.1) is 0 Å². The lowest BCUT2D eigenvalue weighted by atomic mass is 10.1. The Morgan fingerprint density at radius 3 is 2.71 bits per heavy atom. The molecule has 0 saturated carbocycles. The molecule has 21 heavy (non-hydrogen) atoms. The van der Waals surface area contributed by atoms with E-state index in [2.05, 4.69) is 17.1 Å². The molecule has 2 rings (SSSR count). The predicted octanol–water partition coefficient (Wildman–Crippen LogP) is 1.32. The van der Waals surface area contributed by atoms with Gasteiger partial charge in [-0.25, -0.2) is 0 Å². The maximum absolute atomic E-state index is 12.0. The number of benzene rings is 1. The highest BCUT2D eigenvalue weighted by Crippen LogP contribution is 2.14. The number of amides is 1. The second-order valence-corrected chi connectivity index (χ2v) is 6.03. The van der Waals surface area contributed by atoms with E-state index < -0.39 is 0 Å². The molecule has 3 N–H and O–H groups in total. The topological polar surface area (TPSA) is 58.4 Å². The minimum atomic E-state index is 0.0769. The van der Waals surface area contributed by atoms with Crippen molar-refractivity contribution < 1.29 is 4.79 Å². The summed E-state index contributed by atoms with van der Waals surface area (Å²) in [6.45, 7) is 6.30. The van der Waals surface area contributed by atoms with Gasteiger partial charge in [0.1, 0.15) is 4.99 Å². The van der Waals surface area contributed by atoms with Gasteiger partial charge in [0.2, 0.25) is 5.91 Å². The van der Waals surface area contributed by atoms with Gasteiger partial charge in [0.05, 0.1) is 6.42 Å². The molecule has 114 valence electrons. The van der Waals surface area contributed by atoms with Crippen molar-refractivity contribution >= 4 is 23.1 Å². The standard InChI is InChI=1S/C16H23N3OS/c1-2-19-8-7-13(11-19)10-18-15(20)9-12-3-5-14(6-4-12)16(17)21/h3-6,13H,2,7-11H2,1H3,(H2,17,21)(H,18,20). The first-order valence-electron chi connectivity index (χ1n) is 7.46. The Morgan fingerprint density at radius 2 is 2.14 bits per heavy atom. The summed E-state index contributed by atoms with van der Waals surface area (Å²) in [6.07, 6.45) is 1.58. The molecule has 1 amide bonds. The van der Waals surface area contributed by atoms with Crippen LogP contribution < -0.4 is 11.1 Å². The van der Waals surface area contributed by atoms with Gasteiger partial charge < -0.3 is 16.0 Å². The lowest BCUT2D eigenvalue weighted by Gasteiger charge is -2.13. The molecule has 1 aromatic carbocycles. The van der Waals surface area contributed by atoms with E-state index in [9.17, 15) is 4.79 Å². The number of carbonyl (C=O) groups excluding carboxylic acids is 1. The molecule has 4 nitrogen and oxygen atoms in total. The van der Waals surface area contributed by atoms with Gasteiger partial charge in [-0.3, -0.25) is 4.79 Å². The summed E-state index contributed by atoms with van der Waals surface area (Å²) >= 11 is 4.91. The third-order valence-corrected chi connectivity index (χ3v) is 4.24. The number of rotatable bonds is 6. The fraction of sp³-hybridized carbons (Fsp3) is 0.500. The van der Waals surface area contributed by atoms with Crippen molar-refractivity contribution in [2.75, 3.05) is 26.2 Å². The van der Waals surface area contributed by atoms with Gasteiger partial charge in [-0.1, -0.05) is 43.4 Å². The maximum atomic E-state index is 12.0. The van der Waals surface area contributed by atoms with Gasteiger partial charge in [-0.2, -0.15) is 0 Å². The Morgan fingerprint density at radius 1 is 1.43 bits per heavy atom. The summed E-state index contributed by atoms with van der Waals surface area (Å²) in [5.41, 5.74) is 7.37. The normalized spacial score (nSPS) is 18.6. The lowest BCUT2D eigenvalue weighted by molar-refractivity contribution is -0.120. The number of nitrogens with two attached hydrogens (primary N) is 1. The van der Waals surface area contributed by atoms with E-state index in [-0.39, 0.29) is 5.91 Å². The molecule has 0 spiro atoms. The van der Waals surface area contributed by atoms with Crippen LogP contribution in [0.5, 0.6) is 0 Å². The Hall–Kier alpha value is -1.46. The molecule has 5 heteroatoms. The Kier molecular flexibility index (Phi) is 5.70. The van der Waals surface area contributed by atoms with Crippen LogP contribution in [0.1, 0.15) is 24.5 Å². The highest BCUT2D eigenvalue weighted by atomic mass is 32.1. The molecule has 1 aliphatic heterocycles. The number of carbonyl (C=O) groups is 1. The van der Waals surface area contributed by atoms with Crippen LogP contribution in [-0.4, -0.2) is 42.0 Å². The van der Waals surface area contributed by atoms with E-state index in [0.717, 1.165) is 37.3 Å². The summed E-state index contributed by atoms with van der Waals surface area (Å²) in [6, 6.07) is 7.53. The van der Waals surface area contributed by atoms with E-state index in [1.54, 1.807) is 0 Å². The average molecular weight is 305 g/mol. The second-order valence-electron chi connectivity index (χ2n) is 5.59. The number of hydrogen-bond donors (Lipinski definition) is 2. The number of likely N-dealkylation sites (tertiary alicyclic amines) is 1. The first kappa shape index (κ1) is 15.9. The van der Waals surface area contributed by atoms with Crippen molar-refractivity contribution in [2.24, 2.45) is 11.7 Å². The number of thiocarbonyl (C=S) groups is 1. The summed E-state index contributed by atoms with van der Waals surface area (Å²) in [5, 5.41) is 3.04. The molecule has 1 aromatic rings. The summed E-state index contributed by atoms with van der Waals surface area (Å²) < 4.78 is 0. The number of nitrogens with zero attached hydrogens (tertiary/aromatic N) is 1.